The van der Waals surface area contributed by atoms with Gasteiger partial charge in [0.25, 0.3) is 0 Å². The van der Waals surface area contributed by atoms with Crippen LogP contribution in [0, 0.1) is 0 Å². The Labute approximate surface area is 167 Å². The van der Waals surface area contributed by atoms with E-state index in [1.807, 2.05) is 0 Å². The molecule has 2 aromatic carbocycles. The summed E-state index contributed by atoms with van der Waals surface area (Å²) in [6.45, 7) is 1.72. The van der Waals surface area contributed by atoms with Crippen molar-refractivity contribution in [3.05, 3.63) is 57.5 Å². The summed E-state index contributed by atoms with van der Waals surface area (Å²) in [4.78, 5) is 12.8. The molecule has 140 valence electrons. The van der Waals surface area contributed by atoms with Crippen molar-refractivity contribution < 1.29 is 13.2 Å². The first-order chi connectivity index (χ1) is 12.1. The lowest BCUT2D eigenvalue weighted by atomic mass is 10.2. The molecule has 0 aromatic heterocycles. The van der Waals surface area contributed by atoms with Gasteiger partial charge in [0.1, 0.15) is 6.04 Å². The van der Waals surface area contributed by atoms with Crippen LogP contribution in [0.5, 0.6) is 0 Å². The van der Waals surface area contributed by atoms with E-state index in [1.54, 1.807) is 43.3 Å². The Morgan fingerprint density at radius 3 is 2.15 bits per heavy atom. The number of halogens is 3. The second kappa shape index (κ2) is 8.48. The summed E-state index contributed by atoms with van der Waals surface area (Å²) in [6, 6.07) is 9.90. The zero-order valence-corrected chi connectivity index (χ0v) is 17.1. The Morgan fingerprint density at radius 1 is 1.08 bits per heavy atom. The van der Waals surface area contributed by atoms with Crippen LogP contribution in [0.1, 0.15) is 13.3 Å². The van der Waals surface area contributed by atoms with Gasteiger partial charge in [-0.2, -0.15) is 0 Å². The molecule has 5 nitrogen and oxygen atoms in total. The number of carbonyl (C=O) groups excluding carboxylic acids is 1. The van der Waals surface area contributed by atoms with Crippen molar-refractivity contribution in [2.75, 3.05) is 15.9 Å². The highest BCUT2D eigenvalue weighted by Crippen LogP contribution is 2.28. The van der Waals surface area contributed by atoms with Crippen molar-refractivity contribution in [1.82, 2.24) is 0 Å². The molecule has 1 atom stereocenters. The Balaban J connectivity index is 2.38. The number of hydrogen-bond acceptors (Lipinski definition) is 3. The lowest BCUT2D eigenvalue weighted by Crippen LogP contribution is -2.47. The molecular weight excluding hydrogens is 419 g/mol. The van der Waals surface area contributed by atoms with Gasteiger partial charge >= 0.3 is 0 Å². The predicted molar refractivity (Wildman–Crippen MR) is 108 cm³/mol. The molecule has 0 radical (unpaired) electrons. The van der Waals surface area contributed by atoms with Gasteiger partial charge in [0.15, 0.2) is 0 Å². The van der Waals surface area contributed by atoms with Crippen molar-refractivity contribution in [2.24, 2.45) is 0 Å². The molecule has 0 heterocycles. The average molecular weight is 436 g/mol. The summed E-state index contributed by atoms with van der Waals surface area (Å²) in [5.41, 5.74) is 0.699. The quantitative estimate of drug-likeness (QED) is 0.706. The Kier molecular flexibility index (Phi) is 6.80. The molecule has 0 aliphatic heterocycles. The summed E-state index contributed by atoms with van der Waals surface area (Å²) < 4.78 is 25.8. The van der Waals surface area contributed by atoms with Gasteiger partial charge in [-0.25, -0.2) is 8.42 Å². The van der Waals surface area contributed by atoms with E-state index in [4.69, 9.17) is 34.8 Å². The van der Waals surface area contributed by atoms with Crippen LogP contribution in [0.25, 0.3) is 0 Å². The third-order valence-electron chi connectivity index (χ3n) is 3.60. The van der Waals surface area contributed by atoms with E-state index in [1.165, 1.54) is 6.07 Å². The maximum absolute atomic E-state index is 12.8. The van der Waals surface area contributed by atoms with Crippen LogP contribution in [0.4, 0.5) is 11.4 Å². The fourth-order valence-electron chi connectivity index (χ4n) is 2.46. The lowest BCUT2D eigenvalue weighted by Gasteiger charge is -2.30. The third-order valence-corrected chi connectivity index (χ3v) is 5.58. The number of nitrogens with one attached hydrogen (secondary N) is 1. The fourth-order valence-corrected chi connectivity index (χ4v) is 4.25. The van der Waals surface area contributed by atoms with Crippen LogP contribution in [-0.2, 0) is 14.8 Å². The van der Waals surface area contributed by atoms with Gasteiger partial charge < -0.3 is 5.32 Å². The molecule has 1 amide bonds. The molecule has 0 spiro atoms. The zero-order valence-electron chi connectivity index (χ0n) is 14.0. The molecule has 1 N–H and O–H groups in total. The van der Waals surface area contributed by atoms with Crippen molar-refractivity contribution in [3.8, 4) is 0 Å². The first kappa shape index (κ1) is 20.8. The number of anilines is 2. The van der Waals surface area contributed by atoms with E-state index in [9.17, 15) is 13.2 Å². The molecule has 9 heteroatoms. The SMILES string of the molecule is CC[C@H](C(=O)Nc1ccc(Cl)cc1Cl)N(c1ccc(Cl)cc1)S(C)(=O)=O. The highest BCUT2D eigenvalue weighted by Gasteiger charge is 2.31. The molecule has 0 unspecified atom stereocenters. The van der Waals surface area contributed by atoms with E-state index in [0.717, 1.165) is 10.6 Å². The summed E-state index contributed by atoms with van der Waals surface area (Å²) in [6.07, 6.45) is 1.31. The van der Waals surface area contributed by atoms with Gasteiger partial charge in [0.05, 0.1) is 22.7 Å². The van der Waals surface area contributed by atoms with Crippen LogP contribution in [0.3, 0.4) is 0 Å². The topological polar surface area (TPSA) is 66.5 Å². The Morgan fingerprint density at radius 2 is 1.65 bits per heavy atom. The van der Waals surface area contributed by atoms with Gasteiger partial charge in [-0.1, -0.05) is 41.7 Å². The number of benzene rings is 2. The number of sulfonamides is 1. The maximum Gasteiger partial charge on any atom is 0.248 e. The van der Waals surface area contributed by atoms with Crippen LogP contribution < -0.4 is 9.62 Å². The minimum absolute atomic E-state index is 0.257. The second-order valence-corrected chi connectivity index (χ2v) is 8.71. The van der Waals surface area contributed by atoms with Crippen molar-refractivity contribution >= 4 is 62.1 Å². The van der Waals surface area contributed by atoms with Gasteiger partial charge in [-0.15, -0.1) is 0 Å². The molecule has 0 saturated carbocycles. The average Bonchev–Trinajstić information content (AvgIpc) is 2.55. The van der Waals surface area contributed by atoms with Crippen LogP contribution in [-0.4, -0.2) is 26.6 Å². The van der Waals surface area contributed by atoms with E-state index >= 15 is 0 Å². The zero-order chi connectivity index (χ0) is 19.5. The molecule has 0 fully saturated rings. The summed E-state index contributed by atoms with van der Waals surface area (Å²) in [5.74, 6) is -0.503. The molecule has 26 heavy (non-hydrogen) atoms. The van der Waals surface area contributed by atoms with Crippen molar-refractivity contribution in [3.63, 3.8) is 0 Å². The Hall–Kier alpha value is -1.47. The predicted octanol–water partition coefficient (Wildman–Crippen LogP) is 4.83. The minimum Gasteiger partial charge on any atom is -0.323 e. The van der Waals surface area contributed by atoms with E-state index in [-0.39, 0.29) is 11.4 Å². The molecule has 0 saturated heterocycles. The lowest BCUT2D eigenvalue weighted by molar-refractivity contribution is -0.117. The first-order valence-corrected chi connectivity index (χ1v) is 10.6. The van der Waals surface area contributed by atoms with Gasteiger partial charge in [0, 0.05) is 10.0 Å². The molecule has 2 rings (SSSR count). The minimum atomic E-state index is -3.72. The number of nitrogens with zero attached hydrogens (tertiary/aromatic N) is 1. The summed E-state index contributed by atoms with van der Waals surface area (Å²) in [7, 11) is -3.72. The number of amides is 1. The standard InChI is InChI=1S/C17H17Cl3N2O3S/c1-3-16(17(23)21-15-9-6-12(19)10-14(15)20)22(26(2,24)25)13-7-4-11(18)5-8-13/h4-10,16H,3H2,1-2H3,(H,21,23)/t16-/m1/s1. The highest BCUT2D eigenvalue weighted by molar-refractivity contribution is 7.92. The number of hydrogen-bond donors (Lipinski definition) is 1. The van der Waals surface area contributed by atoms with Crippen molar-refractivity contribution in [1.29, 1.82) is 0 Å². The van der Waals surface area contributed by atoms with E-state index in [2.05, 4.69) is 5.32 Å². The first-order valence-electron chi connectivity index (χ1n) is 7.64. The van der Waals surface area contributed by atoms with Crippen molar-refractivity contribution in [2.45, 2.75) is 19.4 Å². The molecule has 0 bridgehead atoms. The van der Waals surface area contributed by atoms with Crippen LogP contribution in [0.15, 0.2) is 42.5 Å². The third kappa shape index (κ3) is 5.04. The second-order valence-electron chi connectivity index (χ2n) is 5.57. The summed E-state index contributed by atoms with van der Waals surface area (Å²) in [5, 5.41) is 3.82. The fraction of sp³-hybridized carbons (Fsp3) is 0.235. The molecular formula is C17H17Cl3N2O3S. The highest BCUT2D eigenvalue weighted by atomic mass is 35.5. The summed E-state index contributed by atoms with van der Waals surface area (Å²) >= 11 is 17.8. The molecule has 0 aliphatic rings. The smallest absolute Gasteiger partial charge is 0.248 e. The van der Waals surface area contributed by atoms with Gasteiger partial charge in [-0.3, -0.25) is 9.10 Å². The van der Waals surface area contributed by atoms with Crippen LogP contribution in [0.2, 0.25) is 15.1 Å². The largest absolute Gasteiger partial charge is 0.323 e. The number of rotatable bonds is 6. The van der Waals surface area contributed by atoms with Crippen LogP contribution >= 0.6 is 34.8 Å². The van der Waals surface area contributed by atoms with E-state index < -0.39 is 22.0 Å². The molecule has 2 aromatic rings. The maximum atomic E-state index is 12.8. The monoisotopic (exact) mass is 434 g/mol. The van der Waals surface area contributed by atoms with E-state index in [0.29, 0.717) is 21.4 Å². The Bertz CT molecular complexity index is 902. The number of carbonyl (C=O) groups is 1. The van der Waals surface area contributed by atoms with Gasteiger partial charge in [0.2, 0.25) is 15.9 Å². The van der Waals surface area contributed by atoms with Gasteiger partial charge in [-0.05, 0) is 48.9 Å². The molecule has 0 aliphatic carbocycles. The normalized spacial score (nSPS) is 12.5.